The number of nitrogens with zero attached hydrogens (tertiary/aromatic N) is 2. The summed E-state index contributed by atoms with van der Waals surface area (Å²) >= 11 is 0. The summed E-state index contributed by atoms with van der Waals surface area (Å²) in [4.78, 5) is 26.7. The van der Waals surface area contributed by atoms with Gasteiger partial charge in [0.1, 0.15) is 5.82 Å². The second-order valence-corrected chi connectivity index (χ2v) is 7.61. The summed E-state index contributed by atoms with van der Waals surface area (Å²) in [5, 5.41) is 6.60. The van der Waals surface area contributed by atoms with E-state index in [9.17, 15) is 14.0 Å². The molecule has 1 N–H and O–H groups in total. The molecule has 3 rings (SSSR count). The summed E-state index contributed by atoms with van der Waals surface area (Å²) in [5.74, 6) is -0.264. The van der Waals surface area contributed by atoms with Gasteiger partial charge in [-0.15, -0.1) is 0 Å². The first-order valence-electron chi connectivity index (χ1n) is 9.82. The molecule has 0 radical (unpaired) electrons. The van der Waals surface area contributed by atoms with Crippen LogP contribution in [0, 0.1) is 11.7 Å². The zero-order valence-electron chi connectivity index (χ0n) is 16.7. The van der Waals surface area contributed by atoms with Crippen LogP contribution in [0.1, 0.15) is 53.3 Å². The molecule has 8 heteroatoms. The fourth-order valence-electron chi connectivity index (χ4n) is 3.10. The summed E-state index contributed by atoms with van der Waals surface area (Å²) < 4.78 is 24.2. The number of rotatable bonds is 8. The van der Waals surface area contributed by atoms with Crippen molar-refractivity contribution in [1.29, 1.82) is 0 Å². The van der Waals surface area contributed by atoms with Gasteiger partial charge in [-0.05, 0) is 43.0 Å². The average Bonchev–Trinajstić information content (AvgIpc) is 3.38. The predicted octanol–water partition coefficient (Wildman–Crippen LogP) is 3.02. The number of ether oxygens (including phenoxy) is 1. The van der Waals surface area contributed by atoms with E-state index in [1.54, 1.807) is 4.90 Å². The molecule has 1 atom stereocenters. The minimum Gasteiger partial charge on any atom is -0.376 e. The van der Waals surface area contributed by atoms with Gasteiger partial charge in [-0.25, -0.2) is 4.39 Å². The molecule has 156 valence electrons. The van der Waals surface area contributed by atoms with Gasteiger partial charge < -0.3 is 19.5 Å². The zero-order chi connectivity index (χ0) is 20.8. The number of carbonyl (C=O) groups is 2. The topological polar surface area (TPSA) is 84.7 Å². The van der Waals surface area contributed by atoms with E-state index in [1.807, 2.05) is 13.8 Å². The number of benzene rings is 1. The van der Waals surface area contributed by atoms with E-state index in [4.69, 9.17) is 9.26 Å². The highest BCUT2D eigenvalue weighted by Gasteiger charge is 2.25. The van der Waals surface area contributed by atoms with Crippen LogP contribution in [0.4, 0.5) is 4.39 Å². The third-order valence-electron chi connectivity index (χ3n) is 4.64. The molecule has 1 aromatic carbocycles. The van der Waals surface area contributed by atoms with Gasteiger partial charge in [-0.3, -0.25) is 9.59 Å². The molecule has 2 heterocycles. The maximum atomic E-state index is 13.2. The lowest BCUT2D eigenvalue weighted by molar-refractivity contribution is 0.0486. The summed E-state index contributed by atoms with van der Waals surface area (Å²) in [6, 6.07) is 6.94. The third-order valence-corrected chi connectivity index (χ3v) is 4.64. The smallest absolute Gasteiger partial charge is 0.273 e. The van der Waals surface area contributed by atoms with Gasteiger partial charge in [0.2, 0.25) is 0 Å². The SMILES string of the molecule is CC(C)CNC(=O)c1cc(CN(CC2CCCO2)C(=O)c2ccc(F)cc2)on1. The molecular weight excluding hydrogens is 377 g/mol. The fourth-order valence-corrected chi connectivity index (χ4v) is 3.10. The molecule has 1 aromatic heterocycles. The Morgan fingerprint density at radius 2 is 2.07 bits per heavy atom. The number of amides is 2. The quantitative estimate of drug-likeness (QED) is 0.732. The first kappa shape index (κ1) is 21.0. The molecule has 0 saturated carbocycles. The van der Waals surface area contributed by atoms with E-state index in [0.29, 0.717) is 36.9 Å². The lowest BCUT2D eigenvalue weighted by Crippen LogP contribution is -2.36. The van der Waals surface area contributed by atoms with Crippen molar-refractivity contribution >= 4 is 11.8 Å². The minimum absolute atomic E-state index is 0.0591. The number of nitrogens with one attached hydrogen (secondary N) is 1. The Labute approximate surface area is 169 Å². The number of hydrogen-bond acceptors (Lipinski definition) is 5. The molecule has 2 aromatic rings. The van der Waals surface area contributed by atoms with E-state index in [1.165, 1.54) is 30.3 Å². The minimum atomic E-state index is -0.403. The first-order valence-corrected chi connectivity index (χ1v) is 9.82. The Balaban J connectivity index is 1.72. The molecular formula is C21H26FN3O4. The van der Waals surface area contributed by atoms with Gasteiger partial charge in [-0.2, -0.15) is 0 Å². The highest BCUT2D eigenvalue weighted by atomic mass is 19.1. The van der Waals surface area contributed by atoms with Gasteiger partial charge in [0.15, 0.2) is 11.5 Å². The third kappa shape index (κ3) is 5.87. The molecule has 7 nitrogen and oxygen atoms in total. The number of halogens is 1. The fraction of sp³-hybridized carbons (Fsp3) is 0.476. The highest BCUT2D eigenvalue weighted by Crippen LogP contribution is 2.18. The van der Waals surface area contributed by atoms with Gasteiger partial charge in [0, 0.05) is 31.3 Å². The molecule has 1 aliphatic heterocycles. The average molecular weight is 403 g/mol. The van der Waals surface area contributed by atoms with Crippen LogP contribution in [-0.4, -0.2) is 47.7 Å². The number of hydrogen-bond donors (Lipinski definition) is 1. The van der Waals surface area contributed by atoms with Crippen LogP contribution in [0.15, 0.2) is 34.9 Å². The summed E-state index contributed by atoms with van der Waals surface area (Å²) in [5.41, 5.74) is 0.547. The van der Waals surface area contributed by atoms with E-state index in [2.05, 4.69) is 10.5 Å². The molecule has 0 bridgehead atoms. The zero-order valence-corrected chi connectivity index (χ0v) is 16.7. The largest absolute Gasteiger partial charge is 0.376 e. The van der Waals surface area contributed by atoms with Crippen LogP contribution in [0.5, 0.6) is 0 Å². The van der Waals surface area contributed by atoms with Crippen LogP contribution in [0.25, 0.3) is 0 Å². The molecule has 1 unspecified atom stereocenters. The van der Waals surface area contributed by atoms with Crippen LogP contribution >= 0.6 is 0 Å². The van der Waals surface area contributed by atoms with Crippen molar-refractivity contribution in [2.24, 2.45) is 5.92 Å². The Morgan fingerprint density at radius 1 is 1.31 bits per heavy atom. The molecule has 2 amide bonds. The van der Waals surface area contributed by atoms with Crippen molar-refractivity contribution in [2.45, 2.75) is 39.3 Å². The Morgan fingerprint density at radius 3 is 2.72 bits per heavy atom. The van der Waals surface area contributed by atoms with Gasteiger partial charge in [0.05, 0.1) is 12.6 Å². The highest BCUT2D eigenvalue weighted by molar-refractivity contribution is 5.94. The van der Waals surface area contributed by atoms with E-state index in [-0.39, 0.29) is 30.2 Å². The molecule has 1 fully saturated rings. The second kappa shape index (κ2) is 9.65. The van der Waals surface area contributed by atoms with Gasteiger partial charge in [-0.1, -0.05) is 19.0 Å². The maximum Gasteiger partial charge on any atom is 0.273 e. The van der Waals surface area contributed by atoms with Gasteiger partial charge >= 0.3 is 0 Å². The van der Waals surface area contributed by atoms with Crippen molar-refractivity contribution in [3.8, 4) is 0 Å². The molecule has 0 aliphatic carbocycles. The molecule has 1 saturated heterocycles. The Kier molecular flexibility index (Phi) is 6.98. The molecule has 0 spiro atoms. The van der Waals surface area contributed by atoms with Crippen LogP contribution < -0.4 is 5.32 Å². The number of carbonyl (C=O) groups excluding carboxylic acids is 2. The molecule has 29 heavy (non-hydrogen) atoms. The second-order valence-electron chi connectivity index (χ2n) is 7.61. The first-order chi connectivity index (χ1) is 13.9. The molecule has 1 aliphatic rings. The van der Waals surface area contributed by atoms with Crippen molar-refractivity contribution in [1.82, 2.24) is 15.4 Å². The van der Waals surface area contributed by atoms with Crippen LogP contribution in [-0.2, 0) is 11.3 Å². The van der Waals surface area contributed by atoms with Crippen LogP contribution in [0.2, 0.25) is 0 Å². The van der Waals surface area contributed by atoms with E-state index >= 15 is 0 Å². The lowest BCUT2D eigenvalue weighted by Gasteiger charge is -2.24. The van der Waals surface area contributed by atoms with E-state index < -0.39 is 5.82 Å². The Bertz CT molecular complexity index is 829. The Hall–Kier alpha value is -2.74. The lowest BCUT2D eigenvalue weighted by atomic mass is 10.1. The summed E-state index contributed by atoms with van der Waals surface area (Å²) in [6.07, 6.45) is 1.76. The number of aromatic nitrogens is 1. The van der Waals surface area contributed by atoms with Crippen molar-refractivity contribution in [3.05, 3.63) is 53.2 Å². The maximum absolute atomic E-state index is 13.2. The summed E-state index contributed by atoms with van der Waals surface area (Å²) in [7, 11) is 0. The van der Waals surface area contributed by atoms with Crippen molar-refractivity contribution in [3.63, 3.8) is 0 Å². The standard InChI is InChI=1S/C21H26FN3O4/c1-14(2)11-23-20(26)19-10-18(29-24-19)13-25(12-17-4-3-9-28-17)21(27)15-5-7-16(22)8-6-15/h5-8,10,14,17H,3-4,9,11-13H2,1-2H3,(H,23,26). The monoisotopic (exact) mass is 403 g/mol. The normalized spacial score (nSPS) is 16.2. The predicted molar refractivity (Wildman–Crippen MR) is 104 cm³/mol. The van der Waals surface area contributed by atoms with Crippen molar-refractivity contribution in [2.75, 3.05) is 19.7 Å². The summed E-state index contributed by atoms with van der Waals surface area (Å²) in [6.45, 7) is 5.73. The van der Waals surface area contributed by atoms with Crippen LogP contribution in [0.3, 0.4) is 0 Å². The van der Waals surface area contributed by atoms with Crippen molar-refractivity contribution < 1.29 is 23.2 Å². The van der Waals surface area contributed by atoms with E-state index in [0.717, 1.165) is 12.8 Å². The van der Waals surface area contributed by atoms with Gasteiger partial charge in [0.25, 0.3) is 11.8 Å².